The lowest BCUT2D eigenvalue weighted by Crippen LogP contribution is -2.07. The molecule has 4 heteroatoms. The summed E-state index contributed by atoms with van der Waals surface area (Å²) in [5.41, 5.74) is 3.19. The minimum Gasteiger partial charge on any atom is -0.417 e. The summed E-state index contributed by atoms with van der Waals surface area (Å²) >= 11 is 0. The van der Waals surface area contributed by atoms with Gasteiger partial charge in [-0.1, -0.05) is 20.7 Å². The first kappa shape index (κ1) is 11.5. The summed E-state index contributed by atoms with van der Waals surface area (Å²) < 4.78 is 7.63. The summed E-state index contributed by atoms with van der Waals surface area (Å²) in [4.78, 5) is 9.11. The van der Waals surface area contributed by atoms with Gasteiger partial charge in [0.2, 0.25) is 7.41 Å². The van der Waals surface area contributed by atoms with Crippen LogP contribution < -0.4 is 5.23 Å². The average molecular weight is 241 g/mol. The van der Waals surface area contributed by atoms with E-state index in [9.17, 15) is 0 Å². The first-order chi connectivity index (χ1) is 9.23. The van der Waals surface area contributed by atoms with E-state index in [0.29, 0.717) is 6.90 Å². The Kier molecular flexibility index (Phi) is 3.44. The molecular weight excluding hydrogens is 221 g/mol. The zero-order valence-electron chi connectivity index (χ0n) is 12.2. The molecule has 0 saturated heterocycles. The minimum atomic E-state index is 0.299. The highest BCUT2D eigenvalue weighted by Crippen LogP contribution is 2.24. The van der Waals surface area contributed by atoms with Gasteiger partial charge in [-0.2, -0.15) is 0 Å². The van der Waals surface area contributed by atoms with E-state index in [0.717, 1.165) is 41.0 Å². The zero-order valence-corrected chi connectivity index (χ0v) is 11.2. The maximum Gasteiger partial charge on any atom is 0.241 e. The molecule has 0 unspecified atom stereocenters. The number of aromatic nitrogens is 2. The Hall–Kier alpha value is -1.58. The van der Waals surface area contributed by atoms with Gasteiger partial charge in [-0.3, -0.25) is 0 Å². The second-order valence-corrected chi connectivity index (χ2v) is 4.27. The summed E-state index contributed by atoms with van der Waals surface area (Å²) in [6.07, 6.45) is 1.73. The van der Waals surface area contributed by atoms with Gasteiger partial charge in [0.15, 0.2) is 0 Å². The van der Waals surface area contributed by atoms with Crippen LogP contribution in [0.2, 0.25) is 6.82 Å². The minimum absolute atomic E-state index is 0.299. The van der Waals surface area contributed by atoms with Crippen LogP contribution in [0.4, 0.5) is 5.82 Å². The Balaban J connectivity index is 2.70. The molecule has 1 heterocycles. The summed E-state index contributed by atoms with van der Waals surface area (Å²) in [7, 11) is 1.88. The molecule has 18 heavy (non-hydrogen) atoms. The lowest BCUT2D eigenvalue weighted by atomic mass is 9.98. The van der Waals surface area contributed by atoms with Crippen molar-refractivity contribution in [2.24, 2.45) is 0 Å². The smallest absolute Gasteiger partial charge is 0.241 e. The SMILES string of the molecule is [2H]Cc1cc2nc(CC)nc(N[B]C)c2cc1CC. The summed E-state index contributed by atoms with van der Waals surface area (Å²) in [5, 5.41) is 4.22. The van der Waals surface area contributed by atoms with E-state index in [4.69, 9.17) is 1.37 Å². The highest BCUT2D eigenvalue weighted by molar-refractivity contribution is 6.39. The number of nitrogens with zero attached hydrogens (tertiary/aromatic N) is 2. The van der Waals surface area contributed by atoms with Crippen LogP contribution in [0.25, 0.3) is 10.9 Å². The molecule has 2 rings (SSSR count). The molecule has 0 amide bonds. The van der Waals surface area contributed by atoms with Gasteiger partial charge in [-0.15, -0.1) is 0 Å². The van der Waals surface area contributed by atoms with Crippen molar-refractivity contribution in [1.82, 2.24) is 9.97 Å². The van der Waals surface area contributed by atoms with Crippen molar-refractivity contribution < 1.29 is 1.37 Å². The maximum atomic E-state index is 7.63. The molecule has 1 aromatic heterocycles. The molecule has 0 fully saturated rings. The lowest BCUT2D eigenvalue weighted by molar-refractivity contribution is 0.963. The van der Waals surface area contributed by atoms with E-state index >= 15 is 0 Å². The van der Waals surface area contributed by atoms with Gasteiger partial charge in [0.25, 0.3) is 0 Å². The van der Waals surface area contributed by atoms with Gasteiger partial charge in [0, 0.05) is 13.2 Å². The number of rotatable bonds is 4. The number of anilines is 1. The third-order valence-electron chi connectivity index (χ3n) is 3.04. The Morgan fingerprint density at radius 3 is 2.72 bits per heavy atom. The highest BCUT2D eigenvalue weighted by atomic mass is 15.0. The molecule has 1 radical (unpaired) electrons. The molecule has 2 aromatic rings. The first-order valence-corrected chi connectivity index (χ1v) is 6.39. The number of aryl methyl sites for hydroxylation is 3. The van der Waals surface area contributed by atoms with E-state index < -0.39 is 0 Å². The predicted octanol–water partition coefficient (Wildman–Crippen LogP) is 3.14. The molecule has 0 bridgehead atoms. The molecular formula is C14H19BN3. The fourth-order valence-electron chi connectivity index (χ4n) is 2.05. The molecule has 93 valence electrons. The monoisotopic (exact) mass is 241 g/mol. The van der Waals surface area contributed by atoms with Crippen LogP contribution >= 0.6 is 0 Å². The van der Waals surface area contributed by atoms with E-state index in [1.807, 2.05) is 27.2 Å². The fourth-order valence-corrected chi connectivity index (χ4v) is 2.05. The largest absolute Gasteiger partial charge is 0.417 e. The second kappa shape index (κ2) is 5.38. The van der Waals surface area contributed by atoms with Crippen LogP contribution in [0.3, 0.4) is 0 Å². The van der Waals surface area contributed by atoms with Crippen LogP contribution in [0.5, 0.6) is 0 Å². The van der Waals surface area contributed by atoms with Gasteiger partial charge >= 0.3 is 0 Å². The Morgan fingerprint density at radius 1 is 1.28 bits per heavy atom. The summed E-state index contributed by atoms with van der Waals surface area (Å²) in [6, 6.07) is 4.15. The first-order valence-electron chi connectivity index (χ1n) is 7.10. The Bertz CT molecular complexity index is 586. The van der Waals surface area contributed by atoms with Crippen molar-refractivity contribution in [3.8, 4) is 0 Å². The zero-order chi connectivity index (χ0) is 13.8. The van der Waals surface area contributed by atoms with Gasteiger partial charge in [-0.05, 0) is 36.6 Å². The fraction of sp³-hybridized carbons (Fsp3) is 0.429. The number of nitrogens with one attached hydrogen (secondary N) is 1. The summed E-state index contributed by atoms with van der Waals surface area (Å²) in [5.74, 6) is 1.69. The number of benzene rings is 1. The number of fused-ring (bicyclic) bond motifs is 1. The molecule has 0 aliphatic rings. The van der Waals surface area contributed by atoms with Crippen LogP contribution in [0, 0.1) is 6.90 Å². The molecule has 0 spiro atoms. The average Bonchev–Trinajstić information content (AvgIpc) is 2.45. The Labute approximate surface area is 111 Å². The van der Waals surface area contributed by atoms with E-state index in [2.05, 4.69) is 28.2 Å². The normalized spacial score (nSPS) is 11.4. The van der Waals surface area contributed by atoms with Crippen molar-refractivity contribution >= 4 is 24.1 Å². The molecule has 0 aliphatic carbocycles. The van der Waals surface area contributed by atoms with Gasteiger partial charge < -0.3 is 5.23 Å². The quantitative estimate of drug-likeness (QED) is 0.835. The number of hydrogen-bond acceptors (Lipinski definition) is 3. The predicted molar refractivity (Wildman–Crippen MR) is 78.3 cm³/mol. The van der Waals surface area contributed by atoms with E-state index in [1.165, 1.54) is 5.56 Å². The summed E-state index contributed by atoms with van der Waals surface area (Å²) in [6.45, 7) is 6.40. The third kappa shape index (κ3) is 2.33. The van der Waals surface area contributed by atoms with Crippen molar-refractivity contribution in [3.63, 3.8) is 0 Å². The second-order valence-electron chi connectivity index (χ2n) is 4.27. The standard InChI is InChI=1S/C14H19BN3/c1-5-10-8-11-12(7-9(10)3)16-13(6-2)17-14(11)18-15-4/h7-8H,5-6H2,1-4H3,(H,16,17,18)/i3D. The molecule has 1 aromatic carbocycles. The molecule has 3 nitrogen and oxygen atoms in total. The molecule has 1 N–H and O–H groups in total. The molecule has 0 saturated carbocycles. The van der Waals surface area contributed by atoms with Gasteiger partial charge in [0.05, 0.1) is 5.52 Å². The Morgan fingerprint density at radius 2 is 2.11 bits per heavy atom. The maximum absolute atomic E-state index is 7.63. The molecule has 0 aliphatic heterocycles. The number of hydrogen-bond donors (Lipinski definition) is 1. The highest BCUT2D eigenvalue weighted by Gasteiger charge is 2.08. The van der Waals surface area contributed by atoms with Crippen molar-refractivity contribution in [3.05, 3.63) is 29.1 Å². The van der Waals surface area contributed by atoms with E-state index in [-0.39, 0.29) is 0 Å². The molecule has 0 atom stereocenters. The van der Waals surface area contributed by atoms with Gasteiger partial charge in [-0.25, -0.2) is 9.97 Å². The van der Waals surface area contributed by atoms with Crippen molar-refractivity contribution in [2.75, 3.05) is 5.23 Å². The van der Waals surface area contributed by atoms with Gasteiger partial charge in [0.1, 0.15) is 11.6 Å². The van der Waals surface area contributed by atoms with Crippen LogP contribution in [0.1, 0.15) is 32.2 Å². The van der Waals surface area contributed by atoms with Crippen molar-refractivity contribution in [1.29, 1.82) is 0 Å². The topological polar surface area (TPSA) is 37.8 Å². The lowest BCUT2D eigenvalue weighted by Gasteiger charge is -2.11. The van der Waals surface area contributed by atoms with E-state index in [1.54, 1.807) is 0 Å². The third-order valence-corrected chi connectivity index (χ3v) is 3.04. The van der Waals surface area contributed by atoms with Crippen LogP contribution in [0.15, 0.2) is 12.1 Å². The van der Waals surface area contributed by atoms with Crippen LogP contribution in [-0.4, -0.2) is 17.4 Å². The van der Waals surface area contributed by atoms with Crippen molar-refractivity contribution in [2.45, 2.75) is 40.4 Å². The van der Waals surface area contributed by atoms with Crippen LogP contribution in [-0.2, 0) is 12.8 Å².